The third-order valence-corrected chi connectivity index (χ3v) is 1.13. The second-order valence-electron chi connectivity index (χ2n) is 2.15. The average Bonchev–Trinajstić information content (AvgIpc) is 2.42. The normalized spacial score (nSPS) is 14.7. The lowest BCUT2D eigenvalue weighted by atomic mass is 10.2. The van der Waals surface area contributed by atoms with Gasteiger partial charge in [0, 0.05) is 11.9 Å². The van der Waals surface area contributed by atoms with Crippen LogP contribution in [-0.2, 0) is 0 Å². The summed E-state index contributed by atoms with van der Waals surface area (Å²) in [5, 5.41) is 0. The molecule has 0 unspecified atom stereocenters. The predicted octanol–water partition coefficient (Wildman–Crippen LogP) is 1.12. The molecule has 1 rings (SSSR count). The molecule has 0 aliphatic carbocycles. The molecule has 0 radical (unpaired) electrons. The summed E-state index contributed by atoms with van der Waals surface area (Å²) < 4.78 is 0. The topological polar surface area (TPSA) is 36.1 Å². The molecule has 3 N–H and O–H groups in total. The van der Waals surface area contributed by atoms with E-state index in [9.17, 15) is 0 Å². The first-order chi connectivity index (χ1) is 4.80. The fourth-order valence-electron chi connectivity index (χ4n) is 0.569. The molecular weight excluding hydrogens is 126 g/mol. The Balaban J connectivity index is 0.000000371. The van der Waals surface area contributed by atoms with Gasteiger partial charge in [0.15, 0.2) is 0 Å². The summed E-state index contributed by atoms with van der Waals surface area (Å²) in [7, 11) is 0. The monoisotopic (exact) mass is 143 g/mol. The van der Waals surface area contributed by atoms with Crippen molar-refractivity contribution in [3.63, 3.8) is 0 Å². The van der Waals surface area contributed by atoms with Crippen LogP contribution in [0.25, 0.3) is 0 Å². The molecule has 1 aliphatic rings. The van der Waals surface area contributed by atoms with E-state index >= 15 is 0 Å². The summed E-state index contributed by atoms with van der Waals surface area (Å²) in [5.41, 5.74) is 9.75. The largest absolute Gasteiger partial charge is 0.310 e. The van der Waals surface area contributed by atoms with E-state index < -0.39 is 0 Å². The van der Waals surface area contributed by atoms with E-state index in [2.05, 4.69) is 30.2 Å². The molecule has 10 heavy (non-hydrogen) atoms. The molecule has 0 aromatic rings. The van der Waals surface area contributed by atoms with Gasteiger partial charge in [-0.25, -0.2) is 0 Å². The second kappa shape index (κ2) is 5.11. The molecule has 0 atom stereocenters. The maximum absolute atomic E-state index is 2.96. The van der Waals surface area contributed by atoms with Crippen molar-refractivity contribution in [3.05, 3.63) is 11.9 Å². The van der Waals surface area contributed by atoms with Crippen LogP contribution in [0, 0.1) is 5.92 Å². The third kappa shape index (κ3) is 2.73. The smallest absolute Gasteiger partial charge is 0.0476 e. The van der Waals surface area contributed by atoms with Crippen LogP contribution in [0.3, 0.4) is 0 Å². The molecule has 0 saturated heterocycles. The molecule has 0 amide bonds. The fourth-order valence-corrected chi connectivity index (χ4v) is 0.569. The van der Waals surface area contributed by atoms with Crippen molar-refractivity contribution in [1.29, 1.82) is 0 Å². The zero-order chi connectivity index (χ0) is 7.98. The first-order valence-corrected chi connectivity index (χ1v) is 3.77. The van der Waals surface area contributed by atoms with Gasteiger partial charge in [-0.15, -0.1) is 0 Å². The van der Waals surface area contributed by atoms with Gasteiger partial charge in [0.2, 0.25) is 0 Å². The lowest BCUT2D eigenvalue weighted by Gasteiger charge is -2.03. The van der Waals surface area contributed by atoms with Crippen molar-refractivity contribution in [3.8, 4) is 0 Å². The lowest BCUT2D eigenvalue weighted by molar-refractivity contribution is 0.564. The van der Waals surface area contributed by atoms with E-state index in [-0.39, 0.29) is 0 Å². The summed E-state index contributed by atoms with van der Waals surface area (Å²) in [6.45, 7) is 8.26. The molecule has 0 aromatic carbocycles. The third-order valence-electron chi connectivity index (χ3n) is 1.13. The van der Waals surface area contributed by atoms with Gasteiger partial charge < -0.3 is 10.9 Å². The highest BCUT2D eigenvalue weighted by Crippen LogP contribution is 2.03. The zero-order valence-electron chi connectivity index (χ0n) is 7.15. The maximum Gasteiger partial charge on any atom is 0.0476 e. The quantitative estimate of drug-likeness (QED) is 0.515. The van der Waals surface area contributed by atoms with Crippen LogP contribution in [0.5, 0.6) is 0 Å². The van der Waals surface area contributed by atoms with Gasteiger partial charge in [0.25, 0.3) is 0 Å². The van der Waals surface area contributed by atoms with Crippen LogP contribution < -0.4 is 16.4 Å². The first-order valence-electron chi connectivity index (χ1n) is 3.77. The summed E-state index contributed by atoms with van der Waals surface area (Å²) in [4.78, 5) is 0. The van der Waals surface area contributed by atoms with Crippen molar-refractivity contribution >= 4 is 0 Å². The molecule has 0 aromatic heterocycles. The van der Waals surface area contributed by atoms with Gasteiger partial charge in [-0.3, -0.25) is 0 Å². The molecule has 60 valence electrons. The van der Waals surface area contributed by atoms with E-state index in [0.717, 1.165) is 0 Å². The van der Waals surface area contributed by atoms with E-state index in [4.69, 9.17) is 0 Å². The van der Waals surface area contributed by atoms with E-state index in [1.807, 2.05) is 20.0 Å². The van der Waals surface area contributed by atoms with Crippen LogP contribution in [-0.4, -0.2) is 0 Å². The predicted molar refractivity (Wildman–Crippen MR) is 43.7 cm³/mol. The Labute approximate surface area is 62.8 Å². The summed E-state index contributed by atoms with van der Waals surface area (Å²) in [6.07, 6.45) is 1.92. The molecule has 1 aliphatic heterocycles. The van der Waals surface area contributed by atoms with Crippen LogP contribution >= 0.6 is 0 Å². The zero-order valence-corrected chi connectivity index (χ0v) is 7.15. The van der Waals surface area contributed by atoms with Crippen molar-refractivity contribution in [2.45, 2.75) is 27.7 Å². The van der Waals surface area contributed by atoms with Crippen molar-refractivity contribution < 1.29 is 0 Å². The summed E-state index contributed by atoms with van der Waals surface area (Å²) in [6, 6.07) is 0. The number of hydrogen-bond donors (Lipinski definition) is 3. The van der Waals surface area contributed by atoms with Crippen molar-refractivity contribution in [1.82, 2.24) is 16.4 Å². The second-order valence-corrected chi connectivity index (χ2v) is 2.15. The first kappa shape index (κ1) is 9.30. The number of nitrogens with one attached hydrogen (secondary N) is 3. The van der Waals surface area contributed by atoms with Gasteiger partial charge in [0.1, 0.15) is 0 Å². The molecule has 0 bridgehead atoms. The molecule has 3 nitrogen and oxygen atoms in total. The Morgan fingerprint density at radius 3 is 2.10 bits per heavy atom. The Hall–Kier alpha value is -0.700. The number of rotatable bonds is 1. The summed E-state index contributed by atoms with van der Waals surface area (Å²) in [5.74, 6) is 0.567. The van der Waals surface area contributed by atoms with Gasteiger partial charge in [0.05, 0.1) is 0 Å². The highest BCUT2D eigenvalue weighted by atomic mass is 15.6. The average molecular weight is 143 g/mol. The van der Waals surface area contributed by atoms with Crippen LogP contribution in [0.4, 0.5) is 0 Å². The minimum absolute atomic E-state index is 0.567. The Kier molecular flexibility index (Phi) is 4.76. The molecule has 0 spiro atoms. The molecule has 0 saturated carbocycles. The summed E-state index contributed by atoms with van der Waals surface area (Å²) >= 11 is 0. The van der Waals surface area contributed by atoms with Gasteiger partial charge in [-0.1, -0.05) is 27.7 Å². The van der Waals surface area contributed by atoms with E-state index in [0.29, 0.717) is 5.92 Å². The molecular formula is C7H17N3. The SMILES string of the molecule is CC.CC(C)C1=CNNN1. The van der Waals surface area contributed by atoms with E-state index in [1.165, 1.54) is 5.70 Å². The van der Waals surface area contributed by atoms with Gasteiger partial charge in [-0.05, 0) is 5.92 Å². The minimum Gasteiger partial charge on any atom is -0.310 e. The van der Waals surface area contributed by atoms with Gasteiger partial charge >= 0.3 is 0 Å². The van der Waals surface area contributed by atoms with Crippen molar-refractivity contribution in [2.24, 2.45) is 5.92 Å². The fraction of sp³-hybridized carbons (Fsp3) is 0.714. The highest BCUT2D eigenvalue weighted by molar-refractivity contribution is 5.02. The molecule has 0 fully saturated rings. The molecule has 1 heterocycles. The van der Waals surface area contributed by atoms with E-state index in [1.54, 1.807) is 0 Å². The number of hydrazine groups is 2. The Bertz CT molecular complexity index is 107. The van der Waals surface area contributed by atoms with Gasteiger partial charge in [-0.2, -0.15) is 5.53 Å². The van der Waals surface area contributed by atoms with Crippen LogP contribution in [0.1, 0.15) is 27.7 Å². The van der Waals surface area contributed by atoms with Crippen molar-refractivity contribution in [2.75, 3.05) is 0 Å². The minimum atomic E-state index is 0.567. The standard InChI is InChI=1S/C5H11N3.C2H6/c1-4(2)5-3-6-8-7-5;1-2/h3-4,6-8H,1-2H3;1-2H3. The number of allylic oxidation sites excluding steroid dienone is 1. The number of hydrogen-bond acceptors (Lipinski definition) is 3. The highest BCUT2D eigenvalue weighted by Gasteiger charge is 2.04. The Morgan fingerprint density at radius 1 is 1.30 bits per heavy atom. The van der Waals surface area contributed by atoms with Crippen LogP contribution in [0.2, 0.25) is 0 Å². The Morgan fingerprint density at radius 2 is 1.90 bits per heavy atom. The molecule has 3 heteroatoms. The maximum atomic E-state index is 2.96. The van der Waals surface area contributed by atoms with Crippen LogP contribution in [0.15, 0.2) is 11.9 Å². The lowest BCUT2D eigenvalue weighted by Crippen LogP contribution is -2.32.